The first-order valence-corrected chi connectivity index (χ1v) is 6.13. The minimum absolute atomic E-state index is 0.298. The number of hydrogen-bond donors (Lipinski definition) is 0. The second kappa shape index (κ2) is 5.73. The Labute approximate surface area is 116 Å². The van der Waals surface area contributed by atoms with Gasteiger partial charge in [0, 0.05) is 24.3 Å². The molecule has 0 aromatic heterocycles. The van der Waals surface area contributed by atoms with E-state index in [-0.39, 0.29) is 5.82 Å². The highest BCUT2D eigenvalue weighted by atomic mass is 35.5. The third-order valence-electron chi connectivity index (χ3n) is 2.85. The van der Waals surface area contributed by atoms with E-state index in [0.29, 0.717) is 17.1 Å². The number of nitrogens with zero attached hydrogens (tertiary/aromatic N) is 2. The van der Waals surface area contributed by atoms with Crippen LogP contribution >= 0.6 is 11.6 Å². The van der Waals surface area contributed by atoms with Gasteiger partial charge >= 0.3 is 0 Å². The van der Waals surface area contributed by atoms with E-state index in [1.807, 2.05) is 24.1 Å². The highest BCUT2D eigenvalue weighted by Gasteiger charge is 2.07. The highest BCUT2D eigenvalue weighted by molar-refractivity contribution is 6.31. The predicted octanol–water partition coefficient (Wildman–Crippen LogP) is 3.99. The molecule has 2 nitrogen and oxygen atoms in total. The molecule has 0 aliphatic heterocycles. The third kappa shape index (κ3) is 3.24. The first-order chi connectivity index (χ1) is 9.10. The lowest BCUT2D eigenvalue weighted by Crippen LogP contribution is -2.16. The van der Waals surface area contributed by atoms with E-state index in [9.17, 15) is 4.39 Å². The van der Waals surface area contributed by atoms with Crippen LogP contribution in [0, 0.1) is 17.1 Å². The Bertz CT molecular complexity index is 617. The fourth-order valence-electron chi connectivity index (χ4n) is 1.80. The number of anilines is 1. The molecule has 0 atom stereocenters. The molecule has 0 bridgehead atoms. The second-order valence-corrected chi connectivity index (χ2v) is 4.66. The quantitative estimate of drug-likeness (QED) is 0.846. The van der Waals surface area contributed by atoms with Crippen molar-refractivity contribution in [1.29, 1.82) is 5.26 Å². The maximum atomic E-state index is 13.2. The van der Waals surface area contributed by atoms with Gasteiger partial charge in [0.05, 0.1) is 11.6 Å². The fourth-order valence-corrected chi connectivity index (χ4v) is 1.98. The maximum absolute atomic E-state index is 13.2. The average Bonchev–Trinajstić information content (AvgIpc) is 2.43. The van der Waals surface area contributed by atoms with Crippen molar-refractivity contribution in [1.82, 2.24) is 0 Å². The van der Waals surface area contributed by atoms with Crippen molar-refractivity contribution >= 4 is 17.3 Å². The van der Waals surface area contributed by atoms with Gasteiger partial charge in [0.2, 0.25) is 0 Å². The van der Waals surface area contributed by atoms with Crippen LogP contribution in [0.15, 0.2) is 42.5 Å². The van der Waals surface area contributed by atoms with Crippen LogP contribution < -0.4 is 4.90 Å². The van der Waals surface area contributed by atoms with Gasteiger partial charge in [-0.15, -0.1) is 0 Å². The number of benzene rings is 2. The maximum Gasteiger partial charge on any atom is 0.123 e. The Morgan fingerprint density at radius 3 is 2.53 bits per heavy atom. The van der Waals surface area contributed by atoms with Crippen LogP contribution in [0.5, 0.6) is 0 Å². The van der Waals surface area contributed by atoms with Crippen LogP contribution in [0.4, 0.5) is 10.1 Å². The summed E-state index contributed by atoms with van der Waals surface area (Å²) in [5.74, 6) is -0.298. The Hall–Kier alpha value is -2.05. The molecule has 19 heavy (non-hydrogen) atoms. The molecule has 4 heteroatoms. The Morgan fingerprint density at radius 1 is 1.21 bits per heavy atom. The molecule has 0 heterocycles. The summed E-state index contributed by atoms with van der Waals surface area (Å²) in [6.45, 7) is 0.502. The zero-order valence-corrected chi connectivity index (χ0v) is 11.2. The standard InChI is InChI=1S/C15H12ClFN2/c1-19(14-5-2-11(9-18)3-6-14)10-12-8-13(17)4-7-15(12)16/h2-8H,10H2,1H3. The van der Waals surface area contributed by atoms with Crippen molar-refractivity contribution in [3.8, 4) is 6.07 Å². The molecule has 2 rings (SSSR count). The Morgan fingerprint density at radius 2 is 1.89 bits per heavy atom. The summed E-state index contributed by atoms with van der Waals surface area (Å²) in [5.41, 5.74) is 2.29. The van der Waals surface area contributed by atoms with E-state index in [0.717, 1.165) is 11.3 Å². The topological polar surface area (TPSA) is 27.0 Å². The fraction of sp³-hybridized carbons (Fsp3) is 0.133. The molecule has 0 N–H and O–H groups in total. The van der Waals surface area contributed by atoms with Crippen molar-refractivity contribution in [3.63, 3.8) is 0 Å². The molecule has 0 saturated carbocycles. The summed E-state index contributed by atoms with van der Waals surface area (Å²) in [6, 6.07) is 13.6. The number of halogens is 2. The molecule has 96 valence electrons. The smallest absolute Gasteiger partial charge is 0.123 e. The molecule has 2 aromatic rings. The largest absolute Gasteiger partial charge is 0.370 e. The minimum atomic E-state index is -0.298. The summed E-state index contributed by atoms with van der Waals surface area (Å²) in [4.78, 5) is 1.95. The molecule has 0 amide bonds. The van der Waals surface area contributed by atoms with Gasteiger partial charge in [-0.3, -0.25) is 0 Å². The van der Waals surface area contributed by atoms with Gasteiger partial charge in [0.1, 0.15) is 5.82 Å². The van der Waals surface area contributed by atoms with Crippen LogP contribution in [-0.2, 0) is 6.54 Å². The summed E-state index contributed by atoms with van der Waals surface area (Å²) < 4.78 is 13.2. The van der Waals surface area contributed by atoms with E-state index < -0.39 is 0 Å². The number of hydrogen-bond acceptors (Lipinski definition) is 2. The second-order valence-electron chi connectivity index (χ2n) is 4.25. The monoisotopic (exact) mass is 274 g/mol. The highest BCUT2D eigenvalue weighted by Crippen LogP contribution is 2.21. The van der Waals surface area contributed by atoms with Gasteiger partial charge in [0.25, 0.3) is 0 Å². The van der Waals surface area contributed by atoms with Gasteiger partial charge in [-0.25, -0.2) is 4.39 Å². The molecule has 0 saturated heterocycles. The van der Waals surface area contributed by atoms with Gasteiger partial charge in [-0.2, -0.15) is 5.26 Å². The van der Waals surface area contributed by atoms with Gasteiger partial charge in [-0.1, -0.05) is 11.6 Å². The van der Waals surface area contributed by atoms with Crippen LogP contribution in [0.3, 0.4) is 0 Å². The van der Waals surface area contributed by atoms with Crippen LogP contribution in [-0.4, -0.2) is 7.05 Å². The molecule has 2 aromatic carbocycles. The summed E-state index contributed by atoms with van der Waals surface area (Å²) in [5, 5.41) is 9.29. The first kappa shape index (κ1) is 13.4. The molecule has 0 spiro atoms. The van der Waals surface area contributed by atoms with Crippen LogP contribution in [0.25, 0.3) is 0 Å². The van der Waals surface area contributed by atoms with Gasteiger partial charge in [-0.05, 0) is 48.0 Å². The molecular weight excluding hydrogens is 263 g/mol. The van der Waals surface area contributed by atoms with Crippen molar-refractivity contribution in [2.24, 2.45) is 0 Å². The first-order valence-electron chi connectivity index (χ1n) is 5.75. The zero-order valence-electron chi connectivity index (χ0n) is 10.4. The van der Waals surface area contributed by atoms with Crippen molar-refractivity contribution in [3.05, 3.63) is 64.4 Å². The lowest BCUT2D eigenvalue weighted by atomic mass is 10.1. The zero-order chi connectivity index (χ0) is 13.8. The summed E-state index contributed by atoms with van der Waals surface area (Å²) in [7, 11) is 1.89. The molecule has 0 aliphatic rings. The van der Waals surface area contributed by atoms with E-state index in [4.69, 9.17) is 16.9 Å². The molecule has 0 radical (unpaired) electrons. The predicted molar refractivity (Wildman–Crippen MR) is 74.7 cm³/mol. The average molecular weight is 275 g/mol. The lowest BCUT2D eigenvalue weighted by molar-refractivity contribution is 0.625. The van der Waals surface area contributed by atoms with Crippen molar-refractivity contribution in [2.45, 2.75) is 6.54 Å². The third-order valence-corrected chi connectivity index (χ3v) is 3.22. The van der Waals surface area contributed by atoms with Crippen LogP contribution in [0.1, 0.15) is 11.1 Å². The van der Waals surface area contributed by atoms with E-state index in [2.05, 4.69) is 6.07 Å². The summed E-state index contributed by atoms with van der Waals surface area (Å²) in [6.07, 6.45) is 0. The molecular formula is C15H12ClFN2. The van der Waals surface area contributed by atoms with Crippen molar-refractivity contribution in [2.75, 3.05) is 11.9 Å². The van der Waals surface area contributed by atoms with Gasteiger partial charge in [0.15, 0.2) is 0 Å². The normalized spacial score (nSPS) is 10.0. The SMILES string of the molecule is CN(Cc1cc(F)ccc1Cl)c1ccc(C#N)cc1. The summed E-state index contributed by atoms with van der Waals surface area (Å²) >= 11 is 6.04. The van der Waals surface area contributed by atoms with E-state index in [1.54, 1.807) is 18.2 Å². The molecule has 0 unspecified atom stereocenters. The Kier molecular flexibility index (Phi) is 4.03. The molecule has 0 fully saturated rings. The number of rotatable bonds is 3. The van der Waals surface area contributed by atoms with Crippen LogP contribution in [0.2, 0.25) is 5.02 Å². The van der Waals surface area contributed by atoms with Gasteiger partial charge < -0.3 is 4.90 Å². The van der Waals surface area contributed by atoms with Crippen molar-refractivity contribution < 1.29 is 4.39 Å². The van der Waals surface area contributed by atoms with E-state index >= 15 is 0 Å². The number of nitriles is 1. The van der Waals surface area contributed by atoms with E-state index in [1.165, 1.54) is 12.1 Å². The minimum Gasteiger partial charge on any atom is -0.370 e. The molecule has 0 aliphatic carbocycles. The Balaban J connectivity index is 2.18. The lowest BCUT2D eigenvalue weighted by Gasteiger charge is -2.20.